The van der Waals surface area contributed by atoms with E-state index in [-0.39, 0.29) is 0 Å². The van der Waals surface area contributed by atoms with E-state index in [0.29, 0.717) is 48.1 Å². The van der Waals surface area contributed by atoms with E-state index >= 15 is 0 Å². The number of carbonyl (C=O) groups excluding carboxylic acids is 1. The largest absolute Gasteiger partial charge is 0.490 e. The van der Waals surface area contributed by atoms with Crippen molar-refractivity contribution in [2.75, 3.05) is 27.4 Å². The highest BCUT2D eigenvalue weighted by Gasteiger charge is 2.21. The molecule has 0 saturated heterocycles. The summed E-state index contributed by atoms with van der Waals surface area (Å²) in [6, 6.07) is 1.59. The van der Waals surface area contributed by atoms with Crippen molar-refractivity contribution in [2.45, 2.75) is 13.8 Å². The van der Waals surface area contributed by atoms with E-state index in [4.69, 9.17) is 18.9 Å². The van der Waals surface area contributed by atoms with Crippen LogP contribution in [-0.4, -0.2) is 33.7 Å². The van der Waals surface area contributed by atoms with E-state index < -0.39 is 0 Å². The van der Waals surface area contributed by atoms with E-state index in [1.165, 1.54) is 14.2 Å². The highest BCUT2D eigenvalue weighted by molar-refractivity contribution is 5.84. The Balaban J connectivity index is 3.45. The van der Waals surface area contributed by atoms with Crippen LogP contribution in [0.15, 0.2) is 6.07 Å². The van der Waals surface area contributed by atoms with Crippen molar-refractivity contribution in [3.8, 4) is 23.0 Å². The van der Waals surface area contributed by atoms with Crippen LogP contribution in [0, 0.1) is 0 Å². The lowest BCUT2D eigenvalue weighted by molar-refractivity contribution is 0.111. The van der Waals surface area contributed by atoms with Crippen LogP contribution in [0.25, 0.3) is 0 Å². The number of hydrogen-bond donors (Lipinski definition) is 0. The number of rotatable bonds is 7. The van der Waals surface area contributed by atoms with Crippen LogP contribution in [0.2, 0.25) is 0 Å². The number of aldehydes is 1. The molecule has 1 rings (SSSR count). The van der Waals surface area contributed by atoms with Crippen LogP contribution in [0.1, 0.15) is 24.2 Å². The van der Waals surface area contributed by atoms with E-state index in [1.54, 1.807) is 6.07 Å². The minimum absolute atomic E-state index is 0.368. The van der Waals surface area contributed by atoms with Gasteiger partial charge in [-0.1, -0.05) is 0 Å². The van der Waals surface area contributed by atoms with Gasteiger partial charge < -0.3 is 18.9 Å². The monoisotopic (exact) mass is 254 g/mol. The number of carbonyl (C=O) groups is 1. The van der Waals surface area contributed by atoms with Gasteiger partial charge in [0, 0.05) is 0 Å². The molecular weight excluding hydrogens is 236 g/mol. The molecule has 1 aromatic carbocycles. The predicted molar refractivity (Wildman–Crippen MR) is 67.3 cm³/mol. The molecule has 0 spiro atoms. The number of ether oxygens (including phenoxy) is 4. The standard InChI is InChI=1S/C13H18O5/c1-5-17-10-7-9(8-14)11(18-6-2)13(16-4)12(10)15-3/h7-8H,5-6H2,1-4H3. The zero-order valence-electron chi connectivity index (χ0n) is 11.1. The van der Waals surface area contributed by atoms with Gasteiger partial charge in [0.1, 0.15) is 0 Å². The van der Waals surface area contributed by atoms with Crippen molar-refractivity contribution in [1.29, 1.82) is 0 Å². The van der Waals surface area contributed by atoms with Crippen LogP contribution < -0.4 is 18.9 Å². The van der Waals surface area contributed by atoms with E-state index in [1.807, 2.05) is 13.8 Å². The van der Waals surface area contributed by atoms with Crippen molar-refractivity contribution in [3.63, 3.8) is 0 Å². The third-order valence-electron chi connectivity index (χ3n) is 2.31. The van der Waals surface area contributed by atoms with Crippen LogP contribution in [0.5, 0.6) is 23.0 Å². The summed E-state index contributed by atoms with van der Waals surface area (Å²) in [5, 5.41) is 0. The number of benzene rings is 1. The Kier molecular flexibility index (Phi) is 5.30. The molecule has 0 atom stereocenters. The molecular formula is C13H18O5. The second-order valence-corrected chi connectivity index (χ2v) is 3.34. The highest BCUT2D eigenvalue weighted by Crippen LogP contribution is 2.46. The maximum atomic E-state index is 11.1. The molecule has 5 heteroatoms. The fourth-order valence-corrected chi connectivity index (χ4v) is 1.64. The Hall–Kier alpha value is -1.91. The van der Waals surface area contributed by atoms with Gasteiger partial charge in [0.25, 0.3) is 0 Å². The topological polar surface area (TPSA) is 54.0 Å². The maximum Gasteiger partial charge on any atom is 0.208 e. The lowest BCUT2D eigenvalue weighted by Crippen LogP contribution is -2.04. The molecule has 1 aromatic rings. The summed E-state index contributed by atoms with van der Waals surface area (Å²) in [5.41, 5.74) is 0.373. The second-order valence-electron chi connectivity index (χ2n) is 3.34. The van der Waals surface area contributed by atoms with Crippen LogP contribution in [0.4, 0.5) is 0 Å². The Bertz CT molecular complexity index is 414. The Labute approximate surface area is 107 Å². The summed E-state index contributed by atoms with van der Waals surface area (Å²) in [6.07, 6.45) is 0.704. The van der Waals surface area contributed by atoms with Crippen molar-refractivity contribution in [3.05, 3.63) is 11.6 Å². The summed E-state index contributed by atoms with van der Waals surface area (Å²) < 4.78 is 21.4. The van der Waals surface area contributed by atoms with Crippen molar-refractivity contribution in [2.24, 2.45) is 0 Å². The molecule has 0 aliphatic rings. The Morgan fingerprint density at radius 2 is 1.61 bits per heavy atom. The van der Waals surface area contributed by atoms with Gasteiger partial charge >= 0.3 is 0 Å². The van der Waals surface area contributed by atoms with Gasteiger partial charge in [-0.15, -0.1) is 0 Å². The Morgan fingerprint density at radius 1 is 1.00 bits per heavy atom. The van der Waals surface area contributed by atoms with Crippen molar-refractivity contribution >= 4 is 6.29 Å². The average Bonchev–Trinajstić information content (AvgIpc) is 2.39. The van der Waals surface area contributed by atoms with Crippen LogP contribution in [0.3, 0.4) is 0 Å². The summed E-state index contributed by atoms with van der Waals surface area (Å²) in [5.74, 6) is 1.62. The molecule has 5 nitrogen and oxygen atoms in total. The molecule has 18 heavy (non-hydrogen) atoms. The van der Waals surface area contributed by atoms with Gasteiger partial charge in [-0.2, -0.15) is 0 Å². The normalized spacial score (nSPS) is 9.78. The quantitative estimate of drug-likeness (QED) is 0.699. The first-order valence-electron chi connectivity index (χ1n) is 5.73. The first-order valence-corrected chi connectivity index (χ1v) is 5.73. The molecule has 0 amide bonds. The maximum absolute atomic E-state index is 11.1. The Morgan fingerprint density at radius 3 is 2.06 bits per heavy atom. The predicted octanol–water partition coefficient (Wildman–Crippen LogP) is 2.31. The van der Waals surface area contributed by atoms with Gasteiger partial charge in [0.2, 0.25) is 11.5 Å². The van der Waals surface area contributed by atoms with Gasteiger partial charge in [-0.25, -0.2) is 0 Å². The van der Waals surface area contributed by atoms with Gasteiger partial charge in [-0.3, -0.25) is 4.79 Å². The fourth-order valence-electron chi connectivity index (χ4n) is 1.64. The van der Waals surface area contributed by atoms with Gasteiger partial charge in [-0.05, 0) is 19.9 Å². The van der Waals surface area contributed by atoms with Gasteiger partial charge in [0.15, 0.2) is 17.8 Å². The van der Waals surface area contributed by atoms with E-state index in [0.717, 1.165) is 0 Å². The van der Waals surface area contributed by atoms with Crippen LogP contribution >= 0.6 is 0 Å². The number of methoxy groups -OCH3 is 2. The van der Waals surface area contributed by atoms with E-state index in [9.17, 15) is 4.79 Å². The average molecular weight is 254 g/mol. The van der Waals surface area contributed by atoms with Gasteiger partial charge in [0.05, 0.1) is 33.0 Å². The zero-order chi connectivity index (χ0) is 13.5. The molecule has 0 N–H and O–H groups in total. The third-order valence-corrected chi connectivity index (χ3v) is 2.31. The summed E-state index contributed by atoms with van der Waals surface area (Å²) >= 11 is 0. The molecule has 0 bridgehead atoms. The second kappa shape index (κ2) is 6.74. The fraction of sp³-hybridized carbons (Fsp3) is 0.462. The minimum Gasteiger partial charge on any atom is -0.490 e. The molecule has 0 aliphatic heterocycles. The molecule has 0 unspecified atom stereocenters. The molecule has 0 heterocycles. The minimum atomic E-state index is 0.368. The summed E-state index contributed by atoms with van der Waals surface area (Å²) in [6.45, 7) is 4.57. The molecule has 0 fully saturated rings. The summed E-state index contributed by atoms with van der Waals surface area (Å²) in [4.78, 5) is 11.1. The van der Waals surface area contributed by atoms with Crippen molar-refractivity contribution in [1.82, 2.24) is 0 Å². The zero-order valence-corrected chi connectivity index (χ0v) is 11.1. The molecule has 0 saturated carbocycles. The summed E-state index contributed by atoms with van der Waals surface area (Å²) in [7, 11) is 3.00. The highest BCUT2D eigenvalue weighted by atomic mass is 16.5. The molecule has 0 aromatic heterocycles. The lowest BCUT2D eigenvalue weighted by Gasteiger charge is -2.18. The smallest absolute Gasteiger partial charge is 0.208 e. The first kappa shape index (κ1) is 14.2. The molecule has 0 radical (unpaired) electrons. The van der Waals surface area contributed by atoms with Crippen LogP contribution in [-0.2, 0) is 0 Å². The van der Waals surface area contributed by atoms with Crippen molar-refractivity contribution < 1.29 is 23.7 Å². The lowest BCUT2D eigenvalue weighted by atomic mass is 10.1. The third kappa shape index (κ3) is 2.67. The van der Waals surface area contributed by atoms with E-state index in [2.05, 4.69) is 0 Å². The number of hydrogen-bond acceptors (Lipinski definition) is 5. The molecule has 0 aliphatic carbocycles. The molecule has 100 valence electrons. The first-order chi connectivity index (χ1) is 8.73. The SMILES string of the molecule is CCOc1cc(C=O)c(OCC)c(OC)c1OC.